The fraction of sp³-hybridized carbons (Fsp3) is 0.174. The van der Waals surface area contributed by atoms with Gasteiger partial charge in [0, 0.05) is 40.2 Å². The summed E-state index contributed by atoms with van der Waals surface area (Å²) in [6, 6.07) is 15.8. The topological polar surface area (TPSA) is 90.1 Å². The van der Waals surface area contributed by atoms with Crippen LogP contribution in [0.15, 0.2) is 53.9 Å². The Morgan fingerprint density at radius 3 is 2.80 bits per heavy atom. The molecule has 0 saturated heterocycles. The molecule has 1 amide bonds. The van der Waals surface area contributed by atoms with Crippen LogP contribution in [0.1, 0.15) is 27.2 Å². The molecule has 0 spiro atoms. The quantitative estimate of drug-likeness (QED) is 0.510. The van der Waals surface area contributed by atoms with Crippen molar-refractivity contribution in [2.75, 3.05) is 11.9 Å². The van der Waals surface area contributed by atoms with Crippen molar-refractivity contribution in [1.82, 2.24) is 9.97 Å². The molecule has 0 bridgehead atoms. The minimum Gasteiger partial charge on any atom is -0.375 e. The first-order valence-electron chi connectivity index (χ1n) is 9.76. The molecule has 0 unspecified atom stereocenters. The maximum Gasteiger partial charge on any atom is 0.249 e. The van der Waals surface area contributed by atoms with Crippen LogP contribution in [0, 0.1) is 0 Å². The predicted octanol–water partition coefficient (Wildman–Crippen LogP) is 4.14. The number of hydrogen-bond acceptors (Lipinski definition) is 6. The van der Waals surface area contributed by atoms with Crippen LogP contribution in [-0.4, -0.2) is 22.5 Å². The Morgan fingerprint density at radius 1 is 1.10 bits per heavy atom. The van der Waals surface area contributed by atoms with Crippen LogP contribution in [0.4, 0.5) is 5.82 Å². The minimum absolute atomic E-state index is 0.435. The second kappa shape index (κ2) is 7.85. The van der Waals surface area contributed by atoms with Crippen LogP contribution in [0.2, 0.25) is 0 Å². The summed E-state index contributed by atoms with van der Waals surface area (Å²) >= 11 is 1.52. The summed E-state index contributed by atoms with van der Waals surface area (Å²) in [7, 11) is 0. The third kappa shape index (κ3) is 3.42. The molecule has 0 saturated carbocycles. The zero-order chi connectivity index (χ0) is 20.5. The average molecular weight is 417 g/mol. The maximum absolute atomic E-state index is 11.8. The second-order valence-electron chi connectivity index (χ2n) is 7.16. The Hall–Kier alpha value is -3.29. The predicted molar refractivity (Wildman–Crippen MR) is 118 cm³/mol. The summed E-state index contributed by atoms with van der Waals surface area (Å²) in [4.78, 5) is 22.4. The van der Waals surface area contributed by atoms with Crippen molar-refractivity contribution in [2.24, 2.45) is 5.73 Å². The van der Waals surface area contributed by atoms with Crippen molar-refractivity contribution in [3.05, 3.63) is 76.3 Å². The summed E-state index contributed by atoms with van der Waals surface area (Å²) in [6.45, 7) is 1.82. The maximum atomic E-state index is 11.8. The fourth-order valence-electron chi connectivity index (χ4n) is 3.74. The summed E-state index contributed by atoms with van der Waals surface area (Å²) in [5.41, 5.74) is 9.27. The molecule has 30 heavy (non-hydrogen) atoms. The molecule has 3 heterocycles. The number of hydrogen-bond donors (Lipinski definition) is 2. The Balaban J connectivity index is 1.58. The molecule has 150 valence electrons. The van der Waals surface area contributed by atoms with E-state index < -0.39 is 5.91 Å². The van der Waals surface area contributed by atoms with E-state index in [1.807, 2.05) is 35.7 Å². The summed E-state index contributed by atoms with van der Waals surface area (Å²) in [5, 5.41) is 7.21. The van der Waals surface area contributed by atoms with E-state index in [0.29, 0.717) is 31.1 Å². The van der Waals surface area contributed by atoms with E-state index in [1.54, 1.807) is 6.07 Å². The molecule has 2 aromatic heterocycles. The van der Waals surface area contributed by atoms with E-state index in [1.165, 1.54) is 16.9 Å². The third-order valence-corrected chi connectivity index (χ3v) is 6.24. The van der Waals surface area contributed by atoms with Crippen LogP contribution >= 0.6 is 11.3 Å². The summed E-state index contributed by atoms with van der Waals surface area (Å²) < 4.78 is 5.65. The highest BCUT2D eigenvalue weighted by Gasteiger charge is 2.21. The lowest BCUT2D eigenvalue weighted by Gasteiger charge is -2.20. The molecule has 1 aliphatic heterocycles. The van der Waals surface area contributed by atoms with E-state index in [0.717, 1.165) is 39.1 Å². The number of fused-ring (bicyclic) bond motifs is 2. The highest BCUT2D eigenvalue weighted by atomic mass is 32.1. The number of ether oxygens (including phenoxy) is 1. The number of carbonyl (C=O) groups excluding carboxylic acids is 1. The standard InChI is InChI=1S/C23H20N4O2S/c24-21(28)16-8-4-7-15-18(16)13-30-20(15)23-26-19-12-29-10-9-17(19)22(27-23)25-11-14-5-2-1-3-6-14/h1-8,13H,9-12H2,(H2,24,28)(H,25,26,27). The molecule has 5 rings (SSSR count). The van der Waals surface area contributed by atoms with Crippen LogP contribution in [0.25, 0.3) is 21.5 Å². The van der Waals surface area contributed by atoms with Gasteiger partial charge in [-0.25, -0.2) is 9.97 Å². The molecule has 0 radical (unpaired) electrons. The monoisotopic (exact) mass is 416 g/mol. The first-order valence-corrected chi connectivity index (χ1v) is 10.6. The van der Waals surface area contributed by atoms with Crippen molar-refractivity contribution in [3.63, 3.8) is 0 Å². The number of aromatic nitrogens is 2. The Kier molecular flexibility index (Phi) is 4.90. The van der Waals surface area contributed by atoms with Gasteiger partial charge in [-0.2, -0.15) is 0 Å². The van der Waals surface area contributed by atoms with Crippen molar-refractivity contribution < 1.29 is 9.53 Å². The molecular formula is C23H20N4O2S. The van der Waals surface area contributed by atoms with E-state index >= 15 is 0 Å². The Bertz CT molecular complexity index is 1240. The highest BCUT2D eigenvalue weighted by Crippen LogP contribution is 2.36. The van der Waals surface area contributed by atoms with Gasteiger partial charge in [0.05, 0.1) is 23.8 Å². The number of nitrogens with one attached hydrogen (secondary N) is 1. The first-order chi connectivity index (χ1) is 14.7. The third-order valence-electron chi connectivity index (χ3n) is 5.24. The van der Waals surface area contributed by atoms with Gasteiger partial charge in [-0.05, 0) is 11.6 Å². The zero-order valence-electron chi connectivity index (χ0n) is 16.2. The number of carbonyl (C=O) groups is 1. The van der Waals surface area contributed by atoms with Gasteiger partial charge in [0.2, 0.25) is 5.91 Å². The lowest BCUT2D eigenvalue weighted by Crippen LogP contribution is -2.17. The molecule has 6 nitrogen and oxygen atoms in total. The molecule has 4 aromatic rings. The van der Waals surface area contributed by atoms with E-state index in [2.05, 4.69) is 17.4 Å². The van der Waals surface area contributed by atoms with Crippen molar-refractivity contribution in [3.8, 4) is 10.7 Å². The molecule has 1 aliphatic rings. The lowest BCUT2D eigenvalue weighted by molar-refractivity contribution is 0.100. The molecule has 3 N–H and O–H groups in total. The summed E-state index contributed by atoms with van der Waals surface area (Å²) in [5.74, 6) is 1.04. The Morgan fingerprint density at radius 2 is 1.97 bits per heavy atom. The molecule has 0 fully saturated rings. The number of primary amides is 1. The zero-order valence-corrected chi connectivity index (χ0v) is 17.0. The SMILES string of the molecule is NC(=O)c1cccc2c(-c3nc4c(c(NCc5ccccc5)n3)CCOC4)scc12. The van der Waals surface area contributed by atoms with Gasteiger partial charge < -0.3 is 15.8 Å². The largest absolute Gasteiger partial charge is 0.375 e. The Labute approximate surface area is 177 Å². The number of nitrogens with zero attached hydrogens (tertiary/aromatic N) is 2. The number of benzene rings is 2. The number of anilines is 1. The lowest BCUT2D eigenvalue weighted by atomic mass is 10.1. The van der Waals surface area contributed by atoms with Gasteiger partial charge >= 0.3 is 0 Å². The van der Waals surface area contributed by atoms with Crippen LogP contribution in [0.3, 0.4) is 0 Å². The van der Waals surface area contributed by atoms with E-state index in [-0.39, 0.29) is 0 Å². The van der Waals surface area contributed by atoms with E-state index in [9.17, 15) is 4.79 Å². The molecular weight excluding hydrogens is 396 g/mol. The summed E-state index contributed by atoms with van der Waals surface area (Å²) in [6.07, 6.45) is 0.781. The van der Waals surface area contributed by atoms with Crippen molar-refractivity contribution in [2.45, 2.75) is 19.6 Å². The first kappa shape index (κ1) is 18.7. The molecule has 0 aliphatic carbocycles. The number of rotatable bonds is 5. The van der Waals surface area contributed by atoms with Crippen LogP contribution in [-0.2, 0) is 24.3 Å². The van der Waals surface area contributed by atoms with Gasteiger partial charge in [-0.15, -0.1) is 11.3 Å². The number of amides is 1. The normalized spacial score (nSPS) is 13.2. The highest BCUT2D eigenvalue weighted by molar-refractivity contribution is 7.15. The average Bonchev–Trinajstić information content (AvgIpc) is 3.22. The van der Waals surface area contributed by atoms with Gasteiger partial charge in [0.15, 0.2) is 5.82 Å². The molecule has 0 atom stereocenters. The molecule has 7 heteroatoms. The molecule has 2 aromatic carbocycles. The minimum atomic E-state index is -0.435. The van der Waals surface area contributed by atoms with Gasteiger partial charge in [-0.3, -0.25) is 4.79 Å². The van der Waals surface area contributed by atoms with Gasteiger partial charge in [-0.1, -0.05) is 42.5 Å². The van der Waals surface area contributed by atoms with E-state index in [4.69, 9.17) is 20.4 Å². The van der Waals surface area contributed by atoms with Crippen LogP contribution < -0.4 is 11.1 Å². The number of nitrogens with two attached hydrogens (primary N) is 1. The van der Waals surface area contributed by atoms with Crippen molar-refractivity contribution >= 4 is 33.8 Å². The fourth-order valence-corrected chi connectivity index (χ4v) is 4.74. The smallest absolute Gasteiger partial charge is 0.249 e. The number of thiophene rings is 1. The second-order valence-corrected chi connectivity index (χ2v) is 8.04. The van der Waals surface area contributed by atoms with Crippen LogP contribution in [0.5, 0.6) is 0 Å². The van der Waals surface area contributed by atoms with Gasteiger partial charge in [0.25, 0.3) is 0 Å². The van der Waals surface area contributed by atoms with Gasteiger partial charge in [0.1, 0.15) is 5.82 Å². The van der Waals surface area contributed by atoms with Crippen molar-refractivity contribution in [1.29, 1.82) is 0 Å².